The van der Waals surface area contributed by atoms with E-state index in [1.54, 1.807) is 17.5 Å². The molecular formula is C23H29N3O2S. The maximum atomic E-state index is 13.5. The highest BCUT2D eigenvalue weighted by atomic mass is 32.1. The minimum absolute atomic E-state index is 0.00650. The number of benzene rings is 1. The van der Waals surface area contributed by atoms with Crippen molar-refractivity contribution in [2.24, 2.45) is 11.3 Å². The maximum Gasteiger partial charge on any atom is 0.231 e. The summed E-state index contributed by atoms with van der Waals surface area (Å²) in [7, 11) is 0. The molecule has 2 aromatic rings. The van der Waals surface area contributed by atoms with Crippen molar-refractivity contribution < 1.29 is 9.59 Å². The Balaban J connectivity index is 1.59. The van der Waals surface area contributed by atoms with Gasteiger partial charge in [-0.05, 0) is 30.4 Å². The fourth-order valence-corrected chi connectivity index (χ4v) is 5.69. The molecule has 1 aromatic carbocycles. The van der Waals surface area contributed by atoms with Crippen LogP contribution in [0.3, 0.4) is 0 Å². The minimum atomic E-state index is -0.520. The minimum Gasteiger partial charge on any atom is -0.342 e. The van der Waals surface area contributed by atoms with Crippen LogP contribution < -0.4 is 0 Å². The SMILES string of the molecule is Cc1ccccc1CC(=O)N1C[C@@H](c2nccs2)[C@@]2(CCN(CC(C)C)C2=O)C1. The second-order valence-electron chi connectivity index (χ2n) is 8.85. The van der Waals surface area contributed by atoms with Gasteiger partial charge < -0.3 is 9.80 Å². The average Bonchev–Trinajstić information content (AvgIpc) is 3.40. The van der Waals surface area contributed by atoms with E-state index in [0.29, 0.717) is 25.4 Å². The lowest BCUT2D eigenvalue weighted by Gasteiger charge is -2.28. The van der Waals surface area contributed by atoms with Gasteiger partial charge in [0.1, 0.15) is 0 Å². The summed E-state index contributed by atoms with van der Waals surface area (Å²) in [6, 6.07) is 8.02. The first-order valence-corrected chi connectivity index (χ1v) is 11.3. The number of aromatic nitrogens is 1. The Morgan fingerprint density at radius 1 is 1.34 bits per heavy atom. The predicted octanol–water partition coefficient (Wildman–Crippen LogP) is 3.49. The summed E-state index contributed by atoms with van der Waals surface area (Å²) in [6.07, 6.45) is 2.99. The Bertz CT molecular complexity index is 895. The molecule has 2 atom stereocenters. The van der Waals surface area contributed by atoms with E-state index in [1.165, 1.54) is 0 Å². The Morgan fingerprint density at radius 3 is 2.83 bits per heavy atom. The van der Waals surface area contributed by atoms with Crippen molar-refractivity contribution in [2.75, 3.05) is 26.2 Å². The molecule has 0 saturated carbocycles. The zero-order chi connectivity index (χ0) is 20.6. The highest BCUT2D eigenvalue weighted by molar-refractivity contribution is 7.09. The molecule has 5 nitrogen and oxygen atoms in total. The zero-order valence-electron chi connectivity index (χ0n) is 17.4. The molecule has 2 saturated heterocycles. The number of likely N-dealkylation sites (tertiary alicyclic amines) is 2. The van der Waals surface area contributed by atoms with E-state index in [-0.39, 0.29) is 17.7 Å². The van der Waals surface area contributed by atoms with Gasteiger partial charge in [0.15, 0.2) is 0 Å². The molecule has 154 valence electrons. The van der Waals surface area contributed by atoms with Gasteiger partial charge >= 0.3 is 0 Å². The fourth-order valence-electron chi connectivity index (χ4n) is 4.85. The highest BCUT2D eigenvalue weighted by Crippen LogP contribution is 2.50. The van der Waals surface area contributed by atoms with Gasteiger partial charge in [-0.3, -0.25) is 9.59 Å². The van der Waals surface area contributed by atoms with Gasteiger partial charge in [0, 0.05) is 43.7 Å². The molecule has 1 spiro atoms. The quantitative estimate of drug-likeness (QED) is 0.757. The van der Waals surface area contributed by atoms with E-state index in [9.17, 15) is 9.59 Å². The van der Waals surface area contributed by atoms with Crippen LogP contribution in [0.15, 0.2) is 35.8 Å². The van der Waals surface area contributed by atoms with Crippen molar-refractivity contribution in [2.45, 2.75) is 39.5 Å². The molecule has 0 aliphatic carbocycles. The molecule has 2 amide bonds. The smallest absolute Gasteiger partial charge is 0.231 e. The summed E-state index contributed by atoms with van der Waals surface area (Å²) >= 11 is 1.60. The molecule has 2 aliphatic rings. The number of thiazole rings is 1. The van der Waals surface area contributed by atoms with E-state index in [1.807, 2.05) is 46.4 Å². The summed E-state index contributed by atoms with van der Waals surface area (Å²) in [6.45, 7) is 8.97. The standard InChI is InChI=1S/C23H29N3O2S/c1-16(2)13-25-10-8-23(22(25)28)15-26(14-19(23)21-24-9-11-29-21)20(27)12-18-7-5-4-6-17(18)3/h4-7,9,11,16,19H,8,10,12-15H2,1-3H3/t19-,23+/m0/s1. The van der Waals surface area contributed by atoms with Gasteiger partial charge in [-0.15, -0.1) is 11.3 Å². The number of carbonyl (C=O) groups is 2. The van der Waals surface area contributed by atoms with Crippen molar-refractivity contribution in [3.63, 3.8) is 0 Å². The van der Waals surface area contributed by atoms with Crippen molar-refractivity contribution in [1.82, 2.24) is 14.8 Å². The summed E-state index contributed by atoms with van der Waals surface area (Å²) in [5, 5.41) is 2.95. The third kappa shape index (κ3) is 3.70. The Kier molecular flexibility index (Phi) is 5.47. The van der Waals surface area contributed by atoms with Crippen molar-refractivity contribution >= 4 is 23.2 Å². The Labute approximate surface area is 176 Å². The second-order valence-corrected chi connectivity index (χ2v) is 9.78. The van der Waals surface area contributed by atoms with Crippen LogP contribution in [0, 0.1) is 18.3 Å². The van der Waals surface area contributed by atoms with Crippen molar-refractivity contribution in [3.05, 3.63) is 52.0 Å². The maximum absolute atomic E-state index is 13.5. The first-order valence-electron chi connectivity index (χ1n) is 10.4. The first-order chi connectivity index (χ1) is 13.9. The average molecular weight is 412 g/mol. The van der Waals surface area contributed by atoms with Crippen LogP contribution in [0.4, 0.5) is 0 Å². The number of aryl methyl sites for hydroxylation is 1. The number of rotatable bonds is 5. The monoisotopic (exact) mass is 411 g/mol. The molecular weight excluding hydrogens is 382 g/mol. The second kappa shape index (κ2) is 7.90. The van der Waals surface area contributed by atoms with Crippen LogP contribution in [-0.4, -0.2) is 52.8 Å². The van der Waals surface area contributed by atoms with Gasteiger partial charge in [-0.25, -0.2) is 4.98 Å². The lowest BCUT2D eigenvalue weighted by molar-refractivity contribution is -0.137. The molecule has 4 rings (SSSR count). The molecule has 6 heteroatoms. The normalized spacial score (nSPS) is 24.3. The van der Waals surface area contributed by atoms with E-state index in [4.69, 9.17) is 0 Å². The lowest BCUT2D eigenvalue weighted by Crippen LogP contribution is -2.41. The van der Waals surface area contributed by atoms with Crippen molar-refractivity contribution in [1.29, 1.82) is 0 Å². The fraction of sp³-hybridized carbons (Fsp3) is 0.522. The lowest BCUT2D eigenvalue weighted by atomic mass is 9.77. The Morgan fingerprint density at radius 2 is 2.14 bits per heavy atom. The predicted molar refractivity (Wildman–Crippen MR) is 115 cm³/mol. The van der Waals surface area contributed by atoms with Crippen LogP contribution in [0.1, 0.15) is 42.3 Å². The third-order valence-corrected chi connectivity index (χ3v) is 7.26. The molecule has 0 radical (unpaired) electrons. The molecule has 1 aromatic heterocycles. The molecule has 0 bridgehead atoms. The molecule has 2 aliphatic heterocycles. The number of hydrogen-bond donors (Lipinski definition) is 0. The van der Waals surface area contributed by atoms with E-state index < -0.39 is 5.41 Å². The number of carbonyl (C=O) groups excluding carboxylic acids is 2. The van der Waals surface area contributed by atoms with E-state index >= 15 is 0 Å². The van der Waals surface area contributed by atoms with Gasteiger partial charge in [-0.2, -0.15) is 0 Å². The van der Waals surface area contributed by atoms with Crippen molar-refractivity contribution in [3.8, 4) is 0 Å². The van der Waals surface area contributed by atoms with Crippen LogP contribution in [0.2, 0.25) is 0 Å². The van der Waals surface area contributed by atoms with Gasteiger partial charge in [-0.1, -0.05) is 38.1 Å². The first kappa shape index (κ1) is 20.1. The molecule has 3 heterocycles. The highest BCUT2D eigenvalue weighted by Gasteiger charge is 2.58. The number of nitrogens with zero attached hydrogens (tertiary/aromatic N) is 3. The molecule has 0 unspecified atom stereocenters. The van der Waals surface area contributed by atoms with Crippen LogP contribution in [0.5, 0.6) is 0 Å². The summed E-state index contributed by atoms with van der Waals surface area (Å²) in [5.41, 5.74) is 1.67. The van der Waals surface area contributed by atoms with Crippen LogP contribution in [-0.2, 0) is 16.0 Å². The van der Waals surface area contributed by atoms with E-state index in [0.717, 1.165) is 35.6 Å². The topological polar surface area (TPSA) is 53.5 Å². The zero-order valence-corrected chi connectivity index (χ0v) is 18.2. The summed E-state index contributed by atoms with van der Waals surface area (Å²) in [4.78, 5) is 35.1. The molecule has 2 fully saturated rings. The Hall–Kier alpha value is -2.21. The van der Waals surface area contributed by atoms with Gasteiger partial charge in [0.05, 0.1) is 16.8 Å². The van der Waals surface area contributed by atoms with Gasteiger partial charge in [0.2, 0.25) is 11.8 Å². The van der Waals surface area contributed by atoms with E-state index in [2.05, 4.69) is 18.8 Å². The summed E-state index contributed by atoms with van der Waals surface area (Å²) < 4.78 is 0. The molecule has 29 heavy (non-hydrogen) atoms. The largest absolute Gasteiger partial charge is 0.342 e. The third-order valence-electron chi connectivity index (χ3n) is 6.37. The number of amides is 2. The number of hydrogen-bond acceptors (Lipinski definition) is 4. The summed E-state index contributed by atoms with van der Waals surface area (Å²) in [5.74, 6) is 0.742. The van der Waals surface area contributed by atoms with Crippen LogP contribution >= 0.6 is 11.3 Å². The molecule has 0 N–H and O–H groups in total. The van der Waals surface area contributed by atoms with Gasteiger partial charge in [0.25, 0.3) is 0 Å². The van der Waals surface area contributed by atoms with Crippen LogP contribution in [0.25, 0.3) is 0 Å².